The molecule has 0 bridgehead atoms. The number of rotatable bonds is 8. The van der Waals surface area contributed by atoms with Gasteiger partial charge < -0.3 is 14.9 Å². The number of pyridine rings is 1. The highest BCUT2D eigenvalue weighted by molar-refractivity contribution is 7.21. The lowest BCUT2D eigenvalue weighted by Gasteiger charge is -2.38. The first-order chi connectivity index (χ1) is 20.8. The zero-order valence-electron chi connectivity index (χ0n) is 24.5. The first-order valence-corrected chi connectivity index (χ1v) is 17.7. The molecule has 2 N–H and O–H groups in total. The van der Waals surface area contributed by atoms with E-state index in [0.717, 1.165) is 53.3 Å². The number of anilines is 3. The van der Waals surface area contributed by atoms with Crippen LogP contribution in [-0.4, -0.2) is 53.1 Å². The minimum atomic E-state index is -0.761. The Balaban J connectivity index is 0.00000384. The van der Waals surface area contributed by atoms with Gasteiger partial charge >= 0.3 is 5.97 Å². The lowest BCUT2D eigenvalue weighted by Crippen LogP contribution is -2.36. The Kier molecular flexibility index (Phi) is 11.3. The Morgan fingerprint density at radius 1 is 0.955 bits per heavy atom. The van der Waals surface area contributed by atoms with Crippen molar-refractivity contribution in [1.29, 1.82) is 0 Å². The van der Waals surface area contributed by atoms with Crippen LogP contribution in [0.25, 0.3) is 10.6 Å². The van der Waals surface area contributed by atoms with Crippen LogP contribution in [0.4, 0.5) is 16.0 Å². The van der Waals surface area contributed by atoms with E-state index in [4.69, 9.17) is 33.3 Å². The molecule has 3 aromatic heterocycles. The van der Waals surface area contributed by atoms with Gasteiger partial charge in [0.1, 0.15) is 16.5 Å². The normalized spacial score (nSPS) is 18.7. The maximum absolute atomic E-state index is 13.3. The van der Waals surface area contributed by atoms with Crippen molar-refractivity contribution in [1.82, 2.24) is 9.97 Å². The van der Waals surface area contributed by atoms with E-state index in [1.54, 1.807) is 23.6 Å². The summed E-state index contributed by atoms with van der Waals surface area (Å²) in [4.78, 5) is 39.2. The van der Waals surface area contributed by atoms with Crippen LogP contribution in [0.15, 0.2) is 23.7 Å². The van der Waals surface area contributed by atoms with Gasteiger partial charge in [0.15, 0.2) is 5.13 Å². The van der Waals surface area contributed by atoms with Crippen LogP contribution in [0.2, 0.25) is 10.0 Å². The third-order valence-electron chi connectivity index (χ3n) is 9.24. The van der Waals surface area contributed by atoms with Gasteiger partial charge in [-0.25, -0.2) is 9.97 Å². The molecule has 0 unspecified atom stereocenters. The molecule has 0 aromatic carbocycles. The Labute approximate surface area is 282 Å². The van der Waals surface area contributed by atoms with E-state index in [9.17, 15) is 9.59 Å². The van der Waals surface area contributed by atoms with Crippen molar-refractivity contribution in [2.75, 3.05) is 41.3 Å². The number of carbonyl (C=O) groups excluding carboxylic acids is 1. The molecule has 0 atom stereocenters. The smallest absolute Gasteiger partial charge is 0.303 e. The summed E-state index contributed by atoms with van der Waals surface area (Å²) in [6.45, 7) is 3.37. The van der Waals surface area contributed by atoms with Crippen LogP contribution in [0, 0.1) is 17.8 Å². The molecule has 3 aliphatic rings. The summed E-state index contributed by atoms with van der Waals surface area (Å²) in [5, 5.41) is 16.7. The number of carboxylic acids is 1. The van der Waals surface area contributed by atoms with Gasteiger partial charge in [0.25, 0.3) is 5.91 Å². The monoisotopic (exact) mass is 697 g/mol. The molecular formula is C31H38Cl3N5O3S2. The summed E-state index contributed by atoms with van der Waals surface area (Å²) in [7, 11) is 0. The van der Waals surface area contributed by atoms with Crippen LogP contribution < -0.4 is 15.1 Å². The van der Waals surface area contributed by atoms with Crippen LogP contribution in [0.5, 0.6) is 0 Å². The molecule has 1 amide bonds. The molecule has 13 heteroatoms. The molecule has 0 radical (unpaired) electrons. The number of thiazole rings is 1. The zero-order chi connectivity index (χ0) is 29.9. The fourth-order valence-corrected chi connectivity index (χ4v) is 9.35. The standard InChI is InChI=1S/C31H37Cl2N5O3S2.ClH/c32-23-16-25(42-18-23)27-30(38-12-8-21(9-13-38)20-4-2-1-3-5-20)43-31(35-27)36-29(41)22-15-24(33)28(34-17-22)37-10-6-19(7-11-37)14-26(39)40;/h15-21H,1-14H2,(H,39,40)(H,35,36,41);1H. The predicted molar refractivity (Wildman–Crippen MR) is 184 cm³/mol. The predicted octanol–water partition coefficient (Wildman–Crippen LogP) is 8.74. The Morgan fingerprint density at radius 2 is 1.64 bits per heavy atom. The summed E-state index contributed by atoms with van der Waals surface area (Å²) in [5.74, 6) is 1.39. The van der Waals surface area contributed by atoms with Crippen molar-refractivity contribution in [2.24, 2.45) is 17.8 Å². The van der Waals surface area contributed by atoms with Gasteiger partial charge in [-0.3, -0.25) is 14.9 Å². The van der Waals surface area contributed by atoms with Crippen LogP contribution >= 0.6 is 58.3 Å². The van der Waals surface area contributed by atoms with Gasteiger partial charge in [-0.15, -0.1) is 23.7 Å². The van der Waals surface area contributed by atoms with Gasteiger partial charge in [-0.2, -0.15) is 0 Å². The maximum atomic E-state index is 13.3. The number of halogens is 3. The first-order valence-electron chi connectivity index (χ1n) is 15.3. The number of carbonyl (C=O) groups is 2. The summed E-state index contributed by atoms with van der Waals surface area (Å²) >= 11 is 16.0. The Morgan fingerprint density at radius 3 is 2.27 bits per heavy atom. The van der Waals surface area contributed by atoms with E-state index in [0.29, 0.717) is 39.6 Å². The molecule has 1 saturated carbocycles. The topological polar surface area (TPSA) is 98.7 Å². The third-order valence-corrected chi connectivity index (χ3v) is 11.8. The molecule has 0 spiro atoms. The second-order valence-corrected chi connectivity index (χ2v) is 14.8. The number of piperidine rings is 2. The molecule has 238 valence electrons. The molecule has 1 aliphatic carbocycles. The van der Waals surface area contributed by atoms with Gasteiger partial charge in [0, 0.05) is 44.2 Å². The van der Waals surface area contributed by atoms with Crippen molar-refractivity contribution in [3.8, 4) is 10.6 Å². The van der Waals surface area contributed by atoms with Crippen molar-refractivity contribution in [3.63, 3.8) is 0 Å². The molecule has 6 rings (SSSR count). The number of aromatic nitrogens is 2. The van der Waals surface area contributed by atoms with Crippen molar-refractivity contribution in [2.45, 2.75) is 64.2 Å². The van der Waals surface area contributed by atoms with Crippen LogP contribution in [0.1, 0.15) is 74.6 Å². The highest BCUT2D eigenvalue weighted by atomic mass is 35.5. The molecule has 2 saturated heterocycles. The fourth-order valence-electron chi connectivity index (χ4n) is 6.91. The lowest BCUT2D eigenvalue weighted by molar-refractivity contribution is -0.138. The molecule has 5 heterocycles. The number of nitrogens with one attached hydrogen (secondary N) is 1. The largest absolute Gasteiger partial charge is 0.481 e. The number of carboxylic acid groups (broad SMARTS) is 1. The Hall–Kier alpha value is -2.11. The highest BCUT2D eigenvalue weighted by Gasteiger charge is 2.30. The van der Waals surface area contributed by atoms with E-state index < -0.39 is 5.97 Å². The zero-order valence-corrected chi connectivity index (χ0v) is 28.4. The van der Waals surface area contributed by atoms with Crippen LogP contribution in [0.3, 0.4) is 0 Å². The van der Waals surface area contributed by atoms with Gasteiger partial charge in [0.05, 0.1) is 20.5 Å². The number of amides is 1. The fraction of sp³-hybridized carbons (Fsp3) is 0.548. The summed E-state index contributed by atoms with van der Waals surface area (Å²) < 4.78 is 0. The van der Waals surface area contributed by atoms with Crippen molar-refractivity contribution in [3.05, 3.63) is 39.3 Å². The maximum Gasteiger partial charge on any atom is 0.303 e. The minimum Gasteiger partial charge on any atom is -0.481 e. The van der Waals surface area contributed by atoms with E-state index in [2.05, 4.69) is 20.1 Å². The van der Waals surface area contributed by atoms with E-state index in [1.165, 1.54) is 56.3 Å². The molecular weight excluding hydrogens is 661 g/mol. The van der Waals surface area contributed by atoms with Gasteiger partial charge in [-0.1, -0.05) is 66.6 Å². The number of aliphatic carboxylic acids is 1. The van der Waals surface area contributed by atoms with E-state index in [1.807, 2.05) is 11.4 Å². The number of nitrogens with zero attached hydrogens (tertiary/aromatic N) is 4. The summed E-state index contributed by atoms with van der Waals surface area (Å²) in [6.07, 6.45) is 12.6. The number of thiophene rings is 1. The van der Waals surface area contributed by atoms with Crippen molar-refractivity contribution >= 4 is 86.1 Å². The van der Waals surface area contributed by atoms with Crippen molar-refractivity contribution < 1.29 is 14.7 Å². The second-order valence-electron chi connectivity index (χ2n) is 12.0. The second kappa shape index (κ2) is 15.0. The molecule has 44 heavy (non-hydrogen) atoms. The molecule has 2 aliphatic heterocycles. The quantitative estimate of drug-likeness (QED) is 0.243. The first kappa shape index (κ1) is 33.3. The highest BCUT2D eigenvalue weighted by Crippen LogP contribution is 2.44. The number of hydrogen-bond donors (Lipinski definition) is 2. The van der Waals surface area contributed by atoms with E-state index >= 15 is 0 Å². The third kappa shape index (κ3) is 7.81. The number of hydrogen-bond acceptors (Lipinski definition) is 8. The molecule has 3 aromatic rings. The minimum absolute atomic E-state index is 0. The SMILES string of the molecule is Cl.O=C(O)CC1CCN(c2ncc(C(=O)Nc3nc(-c4cc(Cl)cs4)c(N4CCC(C5CCCCC5)CC4)s3)cc2Cl)CC1. The van der Waals surface area contributed by atoms with E-state index in [-0.39, 0.29) is 30.7 Å². The summed E-state index contributed by atoms with van der Waals surface area (Å²) in [6, 6.07) is 3.59. The summed E-state index contributed by atoms with van der Waals surface area (Å²) in [5.41, 5.74) is 1.23. The van der Waals surface area contributed by atoms with Gasteiger partial charge in [-0.05, 0) is 55.6 Å². The Bertz CT molecular complexity index is 1440. The molecule has 8 nitrogen and oxygen atoms in total. The van der Waals surface area contributed by atoms with Gasteiger partial charge in [0.2, 0.25) is 0 Å². The molecule has 3 fully saturated rings. The average molecular weight is 699 g/mol. The average Bonchev–Trinajstić information content (AvgIpc) is 3.64. The lowest BCUT2D eigenvalue weighted by atomic mass is 9.76. The van der Waals surface area contributed by atoms with Crippen LogP contribution in [-0.2, 0) is 4.79 Å².